The third-order valence-corrected chi connectivity index (χ3v) is 8.50. The van der Waals surface area contributed by atoms with Gasteiger partial charge in [-0.3, -0.25) is 0 Å². The highest BCUT2D eigenvalue weighted by molar-refractivity contribution is 7.33. The Balaban J connectivity index is 1.98. The minimum atomic E-state index is 1.30. The topological polar surface area (TPSA) is 4.93 Å². The van der Waals surface area contributed by atoms with Crippen LogP contribution < -0.4 is 0 Å². The number of nitrogens with zero attached hydrogens (tertiary/aromatic N) is 1. The van der Waals surface area contributed by atoms with Gasteiger partial charge >= 0.3 is 0 Å². The molecule has 3 aromatic heterocycles. The average Bonchev–Trinajstić information content (AvgIpc) is 3.38. The van der Waals surface area contributed by atoms with Gasteiger partial charge in [0.1, 0.15) is 0 Å². The van der Waals surface area contributed by atoms with E-state index in [-0.39, 0.29) is 0 Å². The van der Waals surface area contributed by atoms with E-state index in [2.05, 4.69) is 84.4 Å². The number of para-hydroxylation sites is 1. The molecular formula is C25H15NS2. The van der Waals surface area contributed by atoms with E-state index in [9.17, 15) is 0 Å². The summed E-state index contributed by atoms with van der Waals surface area (Å²) in [5, 5.41) is 8.34. The Morgan fingerprint density at radius 2 is 1.11 bits per heavy atom. The molecule has 0 spiro atoms. The number of rotatable bonds is 0. The summed E-state index contributed by atoms with van der Waals surface area (Å²) in [5.74, 6) is 0. The van der Waals surface area contributed by atoms with E-state index in [1.165, 1.54) is 62.2 Å². The second-order valence-electron chi connectivity index (χ2n) is 7.40. The lowest BCUT2D eigenvalue weighted by Gasteiger charge is -2.03. The second-order valence-corrected chi connectivity index (χ2v) is 9.51. The molecule has 0 atom stereocenters. The summed E-state index contributed by atoms with van der Waals surface area (Å²) in [5.41, 5.74) is 2.67. The van der Waals surface area contributed by atoms with Crippen LogP contribution >= 0.6 is 22.7 Å². The molecule has 0 aliphatic carbocycles. The quantitative estimate of drug-likeness (QED) is 0.245. The first kappa shape index (κ1) is 15.1. The first-order valence-corrected chi connectivity index (χ1v) is 11.1. The molecule has 0 unspecified atom stereocenters. The molecule has 28 heavy (non-hydrogen) atoms. The fourth-order valence-corrected chi connectivity index (χ4v) is 7.39. The van der Waals surface area contributed by atoms with Crippen LogP contribution in [0, 0.1) is 0 Å². The van der Waals surface area contributed by atoms with Gasteiger partial charge in [0.2, 0.25) is 0 Å². The van der Waals surface area contributed by atoms with E-state index < -0.39 is 0 Å². The predicted octanol–water partition coefficient (Wildman–Crippen LogP) is 8.07. The summed E-state index contributed by atoms with van der Waals surface area (Å²) in [6.45, 7) is 0. The molecule has 7 rings (SSSR count). The molecule has 7 aromatic rings. The van der Waals surface area contributed by atoms with E-state index in [0.29, 0.717) is 0 Å². The van der Waals surface area contributed by atoms with Gasteiger partial charge in [-0.25, -0.2) is 0 Å². The number of thiophene rings is 2. The molecule has 0 aliphatic heterocycles. The molecule has 0 amide bonds. The zero-order chi connectivity index (χ0) is 18.4. The Bertz CT molecular complexity index is 1730. The molecule has 3 heteroatoms. The third kappa shape index (κ3) is 1.68. The van der Waals surface area contributed by atoms with Crippen LogP contribution in [0.4, 0.5) is 0 Å². The summed E-state index contributed by atoms with van der Waals surface area (Å²) < 4.78 is 8.00. The van der Waals surface area contributed by atoms with E-state index in [1.54, 1.807) is 0 Å². The van der Waals surface area contributed by atoms with Crippen molar-refractivity contribution >= 4 is 84.8 Å². The van der Waals surface area contributed by atoms with Crippen molar-refractivity contribution in [2.45, 2.75) is 0 Å². The van der Waals surface area contributed by atoms with Gasteiger partial charge in [0.25, 0.3) is 0 Å². The Morgan fingerprint density at radius 3 is 1.82 bits per heavy atom. The van der Waals surface area contributed by atoms with Gasteiger partial charge in [-0.2, -0.15) is 0 Å². The van der Waals surface area contributed by atoms with E-state index in [1.807, 2.05) is 22.7 Å². The lowest BCUT2D eigenvalue weighted by molar-refractivity contribution is 1.02. The van der Waals surface area contributed by atoms with Crippen molar-refractivity contribution in [1.82, 2.24) is 4.57 Å². The number of aromatic nitrogens is 1. The van der Waals surface area contributed by atoms with Crippen molar-refractivity contribution in [3.05, 3.63) is 72.8 Å². The summed E-state index contributed by atoms with van der Waals surface area (Å²) >= 11 is 3.88. The van der Waals surface area contributed by atoms with Crippen molar-refractivity contribution in [2.75, 3.05) is 0 Å². The standard InChI is InChI=1S/C25H15NS2/c1-26-17-11-5-2-8-14(17)20-21-15-9-3-6-12-18(15)27-24(21)25-22(23(20)26)16-10-4-7-13-19(16)28-25/h2-13H,1H3. The molecule has 0 bridgehead atoms. The molecule has 4 aromatic carbocycles. The van der Waals surface area contributed by atoms with Crippen LogP contribution in [0.3, 0.4) is 0 Å². The maximum absolute atomic E-state index is 2.40. The van der Waals surface area contributed by atoms with Crippen LogP contribution in [0.5, 0.6) is 0 Å². The first-order valence-electron chi connectivity index (χ1n) is 9.44. The molecule has 0 fully saturated rings. The van der Waals surface area contributed by atoms with Crippen LogP contribution in [-0.2, 0) is 7.05 Å². The number of hydrogen-bond donors (Lipinski definition) is 0. The Labute approximate surface area is 169 Å². The fourth-order valence-electron chi connectivity index (χ4n) is 4.83. The highest BCUT2D eigenvalue weighted by atomic mass is 32.1. The molecule has 0 aliphatic rings. The minimum Gasteiger partial charge on any atom is -0.343 e. The Hall–Kier alpha value is -2.88. The van der Waals surface area contributed by atoms with Crippen molar-refractivity contribution in [3.63, 3.8) is 0 Å². The minimum absolute atomic E-state index is 1.30. The van der Waals surface area contributed by atoms with Gasteiger partial charge in [0.05, 0.1) is 14.9 Å². The second kappa shape index (κ2) is 5.13. The molecule has 132 valence electrons. The summed E-state index contributed by atoms with van der Waals surface area (Å²) in [6.07, 6.45) is 0. The van der Waals surface area contributed by atoms with Crippen molar-refractivity contribution in [3.8, 4) is 0 Å². The third-order valence-electron chi connectivity index (χ3n) is 5.99. The number of benzene rings is 4. The first-order chi connectivity index (χ1) is 13.8. The maximum Gasteiger partial charge on any atom is 0.0590 e. The van der Waals surface area contributed by atoms with Crippen molar-refractivity contribution in [2.24, 2.45) is 7.05 Å². The largest absolute Gasteiger partial charge is 0.343 e. The summed E-state index contributed by atoms with van der Waals surface area (Å²) in [6, 6.07) is 26.6. The van der Waals surface area contributed by atoms with Crippen LogP contribution in [0.1, 0.15) is 0 Å². The average molecular weight is 394 g/mol. The normalized spacial score (nSPS) is 12.5. The Morgan fingerprint density at radius 1 is 0.571 bits per heavy atom. The van der Waals surface area contributed by atoms with Crippen molar-refractivity contribution < 1.29 is 0 Å². The fraction of sp³-hybridized carbons (Fsp3) is 0.0400. The van der Waals surface area contributed by atoms with Crippen LogP contribution in [0.15, 0.2) is 72.8 Å². The van der Waals surface area contributed by atoms with Gasteiger partial charge in [-0.1, -0.05) is 54.6 Å². The van der Waals surface area contributed by atoms with Gasteiger partial charge in [0.15, 0.2) is 0 Å². The summed E-state index contributed by atoms with van der Waals surface area (Å²) in [4.78, 5) is 0. The molecule has 1 nitrogen and oxygen atoms in total. The molecule has 3 heterocycles. The van der Waals surface area contributed by atoms with Gasteiger partial charge in [0, 0.05) is 54.3 Å². The van der Waals surface area contributed by atoms with Crippen molar-refractivity contribution in [1.29, 1.82) is 0 Å². The van der Waals surface area contributed by atoms with Gasteiger partial charge < -0.3 is 4.57 Å². The smallest absolute Gasteiger partial charge is 0.0590 e. The van der Waals surface area contributed by atoms with Gasteiger partial charge in [-0.15, -0.1) is 22.7 Å². The van der Waals surface area contributed by atoms with E-state index in [0.717, 1.165) is 0 Å². The highest BCUT2D eigenvalue weighted by Gasteiger charge is 2.22. The number of fused-ring (bicyclic) bond motifs is 12. The van der Waals surface area contributed by atoms with Crippen LogP contribution in [0.2, 0.25) is 0 Å². The predicted molar refractivity (Wildman–Crippen MR) is 126 cm³/mol. The molecule has 0 radical (unpaired) electrons. The lowest BCUT2D eigenvalue weighted by Crippen LogP contribution is -1.87. The molecule has 0 saturated carbocycles. The summed E-state index contributed by atoms with van der Waals surface area (Å²) in [7, 11) is 2.22. The maximum atomic E-state index is 2.40. The lowest BCUT2D eigenvalue weighted by atomic mass is 10.0. The van der Waals surface area contributed by atoms with Crippen LogP contribution in [-0.4, -0.2) is 4.57 Å². The van der Waals surface area contributed by atoms with Gasteiger partial charge in [-0.05, 0) is 18.2 Å². The van der Waals surface area contributed by atoms with Crippen LogP contribution in [0.25, 0.3) is 62.2 Å². The van der Waals surface area contributed by atoms with E-state index >= 15 is 0 Å². The highest BCUT2D eigenvalue weighted by Crippen LogP contribution is 2.50. The molecule has 0 saturated heterocycles. The monoisotopic (exact) mass is 393 g/mol. The van der Waals surface area contributed by atoms with E-state index in [4.69, 9.17) is 0 Å². The Kier molecular flexibility index (Phi) is 2.77. The molecule has 0 N–H and O–H groups in total. The number of hydrogen-bond acceptors (Lipinski definition) is 2. The number of aryl methyl sites for hydroxylation is 1. The molecular weight excluding hydrogens is 378 g/mol. The zero-order valence-corrected chi connectivity index (χ0v) is 16.8. The SMILES string of the molecule is Cn1c2ccccc2c2c3c4ccccc4sc3c3sc4ccccc4c3c21. The zero-order valence-electron chi connectivity index (χ0n) is 15.2.